The molecule has 0 radical (unpaired) electrons. The Kier molecular flexibility index (Phi) is 5.32. The maximum Gasteiger partial charge on any atom is 0.281 e. The van der Waals surface area contributed by atoms with Crippen LogP contribution in [0, 0.1) is 0 Å². The first-order valence-corrected chi connectivity index (χ1v) is 5.85. The van der Waals surface area contributed by atoms with E-state index in [-0.39, 0.29) is 18.4 Å². The Balaban J connectivity index is 0.00000169. The van der Waals surface area contributed by atoms with Gasteiger partial charge in [0.1, 0.15) is 0 Å². The zero-order chi connectivity index (χ0) is 10.1. The average Bonchev–Trinajstić information content (AvgIpc) is 2.50. The molecule has 1 heterocycles. The Bertz CT molecular complexity index is 270. The molecule has 5 nitrogen and oxygen atoms in total. The van der Waals surface area contributed by atoms with Crippen LogP contribution in [0.4, 0.5) is 0 Å². The molecule has 0 aromatic carbocycles. The standard InChI is InChI=1S/C7H17N3O2S.ClH/c1-3-9(2)13(11,12)10-5-4-7(8)6-10;/h7H,3-6,8H2,1-2H3;1H/t7-;/m0./s1. The molecule has 1 aliphatic heterocycles. The highest BCUT2D eigenvalue weighted by molar-refractivity contribution is 7.86. The van der Waals surface area contributed by atoms with Gasteiger partial charge in [-0.2, -0.15) is 17.0 Å². The smallest absolute Gasteiger partial charge is 0.281 e. The minimum absolute atomic E-state index is 0. The third kappa shape index (κ3) is 2.80. The van der Waals surface area contributed by atoms with Crippen LogP contribution in [0.5, 0.6) is 0 Å². The first-order valence-electron chi connectivity index (χ1n) is 4.45. The lowest BCUT2D eigenvalue weighted by molar-refractivity contribution is 0.401. The summed E-state index contributed by atoms with van der Waals surface area (Å²) in [5.74, 6) is 0. The topological polar surface area (TPSA) is 66.6 Å². The van der Waals surface area contributed by atoms with Crippen molar-refractivity contribution in [3.8, 4) is 0 Å². The fraction of sp³-hybridized carbons (Fsp3) is 1.00. The summed E-state index contributed by atoms with van der Waals surface area (Å²) < 4.78 is 26.2. The lowest BCUT2D eigenvalue weighted by Gasteiger charge is -2.22. The zero-order valence-corrected chi connectivity index (χ0v) is 10.1. The van der Waals surface area contributed by atoms with Gasteiger partial charge in [-0.05, 0) is 6.42 Å². The minimum atomic E-state index is -3.24. The molecule has 0 saturated carbocycles. The summed E-state index contributed by atoms with van der Waals surface area (Å²) >= 11 is 0. The van der Waals surface area contributed by atoms with Crippen molar-refractivity contribution in [2.45, 2.75) is 19.4 Å². The van der Waals surface area contributed by atoms with Crippen molar-refractivity contribution in [1.82, 2.24) is 8.61 Å². The van der Waals surface area contributed by atoms with Crippen LogP contribution in [0.3, 0.4) is 0 Å². The van der Waals surface area contributed by atoms with E-state index in [4.69, 9.17) is 5.73 Å². The van der Waals surface area contributed by atoms with E-state index in [2.05, 4.69) is 0 Å². The Hall–Kier alpha value is 0.120. The van der Waals surface area contributed by atoms with Gasteiger partial charge in [0.05, 0.1) is 0 Å². The monoisotopic (exact) mass is 243 g/mol. The van der Waals surface area contributed by atoms with E-state index in [0.717, 1.165) is 6.42 Å². The first kappa shape index (κ1) is 14.1. The Morgan fingerprint density at radius 2 is 2.14 bits per heavy atom. The second-order valence-electron chi connectivity index (χ2n) is 3.33. The summed E-state index contributed by atoms with van der Waals surface area (Å²) in [6.45, 7) is 3.31. The van der Waals surface area contributed by atoms with Gasteiger partial charge in [-0.1, -0.05) is 6.92 Å². The number of nitrogens with two attached hydrogens (primary N) is 1. The molecule has 0 bridgehead atoms. The third-order valence-electron chi connectivity index (χ3n) is 2.35. The molecule has 0 aromatic rings. The highest BCUT2D eigenvalue weighted by atomic mass is 35.5. The fourth-order valence-corrected chi connectivity index (χ4v) is 2.76. The van der Waals surface area contributed by atoms with Gasteiger partial charge in [0.2, 0.25) is 0 Å². The Labute approximate surface area is 91.8 Å². The van der Waals surface area contributed by atoms with Crippen LogP contribution in [-0.4, -0.2) is 49.8 Å². The summed E-state index contributed by atoms with van der Waals surface area (Å²) in [6.07, 6.45) is 0.761. The predicted octanol–water partition coefficient (Wildman–Crippen LogP) is -0.362. The minimum Gasteiger partial charge on any atom is -0.326 e. The van der Waals surface area contributed by atoms with Gasteiger partial charge in [-0.15, -0.1) is 12.4 Å². The van der Waals surface area contributed by atoms with Crippen molar-refractivity contribution >= 4 is 22.6 Å². The Morgan fingerprint density at radius 3 is 2.50 bits per heavy atom. The second kappa shape index (κ2) is 5.27. The molecule has 86 valence electrons. The molecule has 1 atom stereocenters. The van der Waals surface area contributed by atoms with Gasteiger partial charge >= 0.3 is 0 Å². The average molecular weight is 244 g/mol. The van der Waals surface area contributed by atoms with Gasteiger partial charge in [-0.3, -0.25) is 0 Å². The van der Waals surface area contributed by atoms with Gasteiger partial charge in [0.25, 0.3) is 10.2 Å². The molecule has 2 N–H and O–H groups in total. The highest BCUT2D eigenvalue weighted by Crippen LogP contribution is 2.14. The van der Waals surface area contributed by atoms with Gasteiger partial charge in [0, 0.05) is 32.7 Å². The molecule has 7 heteroatoms. The number of nitrogens with zero attached hydrogens (tertiary/aromatic N) is 2. The first-order chi connectivity index (χ1) is 5.98. The van der Waals surface area contributed by atoms with Gasteiger partial charge in [-0.25, -0.2) is 0 Å². The van der Waals surface area contributed by atoms with Crippen LogP contribution in [0.25, 0.3) is 0 Å². The van der Waals surface area contributed by atoms with E-state index in [9.17, 15) is 8.42 Å². The normalized spacial score (nSPS) is 23.9. The molecule has 0 unspecified atom stereocenters. The van der Waals surface area contributed by atoms with Crippen LogP contribution in [0.1, 0.15) is 13.3 Å². The van der Waals surface area contributed by atoms with Crippen molar-refractivity contribution in [1.29, 1.82) is 0 Å². The third-order valence-corrected chi connectivity index (χ3v) is 4.38. The fourth-order valence-electron chi connectivity index (χ4n) is 1.32. The van der Waals surface area contributed by atoms with E-state index < -0.39 is 10.2 Å². The number of halogens is 1. The predicted molar refractivity (Wildman–Crippen MR) is 58.6 cm³/mol. The highest BCUT2D eigenvalue weighted by Gasteiger charge is 2.31. The van der Waals surface area contributed by atoms with Crippen LogP contribution in [0.15, 0.2) is 0 Å². The maximum absolute atomic E-state index is 11.7. The molecule has 14 heavy (non-hydrogen) atoms. The van der Waals surface area contributed by atoms with Crippen molar-refractivity contribution in [2.75, 3.05) is 26.7 Å². The quantitative estimate of drug-likeness (QED) is 0.736. The van der Waals surface area contributed by atoms with E-state index in [1.165, 1.54) is 8.61 Å². The largest absolute Gasteiger partial charge is 0.326 e. The van der Waals surface area contributed by atoms with E-state index in [1.54, 1.807) is 7.05 Å². The molecule has 0 spiro atoms. The van der Waals surface area contributed by atoms with Crippen LogP contribution >= 0.6 is 12.4 Å². The molecule has 0 amide bonds. The molecule has 1 saturated heterocycles. The lowest BCUT2D eigenvalue weighted by atomic mass is 10.3. The Morgan fingerprint density at radius 1 is 1.57 bits per heavy atom. The number of rotatable bonds is 3. The van der Waals surface area contributed by atoms with Crippen LogP contribution in [0.2, 0.25) is 0 Å². The van der Waals surface area contributed by atoms with Crippen molar-refractivity contribution in [2.24, 2.45) is 5.73 Å². The van der Waals surface area contributed by atoms with Crippen molar-refractivity contribution < 1.29 is 8.42 Å². The molecular weight excluding hydrogens is 226 g/mol. The number of hydrogen-bond acceptors (Lipinski definition) is 3. The zero-order valence-electron chi connectivity index (χ0n) is 8.51. The van der Waals surface area contributed by atoms with E-state index in [1.807, 2.05) is 6.92 Å². The lowest BCUT2D eigenvalue weighted by Crippen LogP contribution is -2.41. The van der Waals surface area contributed by atoms with Gasteiger partial charge < -0.3 is 5.73 Å². The summed E-state index contributed by atoms with van der Waals surface area (Å²) in [5, 5.41) is 0. The van der Waals surface area contributed by atoms with E-state index >= 15 is 0 Å². The summed E-state index contributed by atoms with van der Waals surface area (Å²) in [4.78, 5) is 0. The van der Waals surface area contributed by atoms with Crippen LogP contribution in [-0.2, 0) is 10.2 Å². The summed E-state index contributed by atoms with van der Waals surface area (Å²) in [6, 6.07) is 0.0000288. The molecule has 0 aliphatic carbocycles. The molecule has 1 fully saturated rings. The van der Waals surface area contributed by atoms with Crippen molar-refractivity contribution in [3.05, 3.63) is 0 Å². The molecular formula is C7H18ClN3O2S. The molecule has 1 aliphatic rings. The van der Waals surface area contributed by atoms with Crippen LogP contribution < -0.4 is 5.73 Å². The summed E-state index contributed by atoms with van der Waals surface area (Å²) in [7, 11) is -1.65. The number of hydrogen-bond donors (Lipinski definition) is 1. The van der Waals surface area contributed by atoms with Gasteiger partial charge in [0.15, 0.2) is 0 Å². The SMILES string of the molecule is CCN(C)S(=O)(=O)N1CC[C@H](N)C1.Cl. The van der Waals surface area contributed by atoms with E-state index in [0.29, 0.717) is 19.6 Å². The molecule has 1 rings (SSSR count). The van der Waals surface area contributed by atoms with Crippen molar-refractivity contribution in [3.63, 3.8) is 0 Å². The molecule has 0 aromatic heterocycles. The second-order valence-corrected chi connectivity index (χ2v) is 5.36. The summed E-state index contributed by atoms with van der Waals surface area (Å²) in [5.41, 5.74) is 5.64. The maximum atomic E-state index is 11.7.